The Morgan fingerprint density at radius 3 is 2.36 bits per heavy atom. The molecule has 1 fully saturated rings. The molecule has 1 N–H and O–H groups in total. The molecule has 0 spiro atoms. The van der Waals surface area contributed by atoms with Crippen LogP contribution in [-0.2, 0) is 16.0 Å². The Bertz CT molecular complexity index is 1370. The van der Waals surface area contributed by atoms with Gasteiger partial charge in [0.05, 0.1) is 16.5 Å². The average molecular weight is 486 g/mol. The number of non-ortho nitro benzene ring substituents is 1. The molecule has 2 aliphatic heterocycles. The van der Waals surface area contributed by atoms with Gasteiger partial charge in [0.1, 0.15) is 19.0 Å². The monoisotopic (exact) mass is 486 g/mol. The number of aliphatic hydroxyl groups excluding tert-OH is 1. The number of hydrogen-bond acceptors (Lipinski definition) is 7. The van der Waals surface area contributed by atoms with Gasteiger partial charge in [-0.05, 0) is 47.9 Å². The lowest BCUT2D eigenvalue weighted by atomic mass is 9.95. The number of aliphatic hydroxyl groups is 1. The summed E-state index contributed by atoms with van der Waals surface area (Å²) in [6.45, 7) is 0.975. The van der Waals surface area contributed by atoms with E-state index < -0.39 is 22.7 Å². The van der Waals surface area contributed by atoms with Crippen LogP contribution in [0.3, 0.4) is 0 Å². The Balaban J connectivity index is 1.58. The van der Waals surface area contributed by atoms with Crippen molar-refractivity contribution in [3.63, 3.8) is 0 Å². The minimum atomic E-state index is -0.914. The molecule has 0 aromatic heterocycles. The molecule has 36 heavy (non-hydrogen) atoms. The molecule has 2 heterocycles. The summed E-state index contributed by atoms with van der Waals surface area (Å²) in [6.07, 6.45) is 0.488. The first-order valence-electron chi connectivity index (χ1n) is 11.4. The molecule has 0 radical (unpaired) electrons. The summed E-state index contributed by atoms with van der Waals surface area (Å²) in [5, 5.41) is 22.4. The first-order chi connectivity index (χ1) is 17.4. The first-order valence-corrected chi connectivity index (χ1v) is 11.4. The number of amides is 1. The summed E-state index contributed by atoms with van der Waals surface area (Å²) in [5.74, 6) is -0.966. The van der Waals surface area contributed by atoms with Crippen LogP contribution in [0.2, 0.25) is 0 Å². The number of hydrogen-bond donors (Lipinski definition) is 1. The van der Waals surface area contributed by atoms with Crippen LogP contribution in [-0.4, -0.2) is 46.4 Å². The van der Waals surface area contributed by atoms with Crippen LogP contribution < -0.4 is 9.47 Å². The number of rotatable bonds is 6. The fourth-order valence-electron chi connectivity index (χ4n) is 4.48. The molecule has 0 bridgehead atoms. The van der Waals surface area contributed by atoms with Gasteiger partial charge in [0.2, 0.25) is 0 Å². The molecule has 5 rings (SSSR count). The fourth-order valence-corrected chi connectivity index (χ4v) is 4.48. The Hall–Kier alpha value is -4.66. The summed E-state index contributed by atoms with van der Waals surface area (Å²) in [5.41, 5.74) is 1.55. The molecule has 0 saturated carbocycles. The van der Waals surface area contributed by atoms with E-state index in [2.05, 4.69) is 0 Å². The lowest BCUT2D eigenvalue weighted by Crippen LogP contribution is -2.31. The molecular weight excluding hydrogens is 464 g/mol. The van der Waals surface area contributed by atoms with E-state index in [-0.39, 0.29) is 23.6 Å². The van der Waals surface area contributed by atoms with Gasteiger partial charge in [-0.15, -0.1) is 0 Å². The molecular formula is C27H22N2O7. The van der Waals surface area contributed by atoms with Crippen LogP contribution in [0.25, 0.3) is 5.76 Å². The van der Waals surface area contributed by atoms with Gasteiger partial charge < -0.3 is 19.5 Å². The maximum absolute atomic E-state index is 13.2. The highest BCUT2D eigenvalue weighted by atomic mass is 16.6. The highest BCUT2D eigenvalue weighted by molar-refractivity contribution is 6.46. The van der Waals surface area contributed by atoms with Gasteiger partial charge in [0.15, 0.2) is 11.5 Å². The number of fused-ring (bicyclic) bond motifs is 1. The Labute approximate surface area is 206 Å². The second-order valence-electron chi connectivity index (χ2n) is 8.44. The third-order valence-corrected chi connectivity index (χ3v) is 6.26. The van der Waals surface area contributed by atoms with Gasteiger partial charge in [-0.3, -0.25) is 19.7 Å². The summed E-state index contributed by atoms with van der Waals surface area (Å²) in [7, 11) is 0. The van der Waals surface area contributed by atoms with E-state index in [0.29, 0.717) is 42.3 Å². The molecule has 3 aromatic rings. The molecule has 9 heteroatoms. The number of ketones is 1. The van der Waals surface area contributed by atoms with Crippen LogP contribution in [0.1, 0.15) is 22.7 Å². The second-order valence-corrected chi connectivity index (χ2v) is 8.44. The van der Waals surface area contributed by atoms with Crippen molar-refractivity contribution in [1.82, 2.24) is 4.90 Å². The molecule has 2 aliphatic rings. The lowest BCUT2D eigenvalue weighted by molar-refractivity contribution is -0.384. The molecule has 9 nitrogen and oxygen atoms in total. The number of likely N-dealkylation sites (tertiary alicyclic amines) is 1. The van der Waals surface area contributed by atoms with Crippen molar-refractivity contribution in [3.05, 3.63) is 105 Å². The normalized spacial score (nSPS) is 18.3. The van der Waals surface area contributed by atoms with Crippen molar-refractivity contribution in [2.75, 3.05) is 19.8 Å². The van der Waals surface area contributed by atoms with Gasteiger partial charge in [-0.2, -0.15) is 0 Å². The highest BCUT2D eigenvalue weighted by Gasteiger charge is 2.46. The van der Waals surface area contributed by atoms with Crippen LogP contribution in [0.5, 0.6) is 11.5 Å². The van der Waals surface area contributed by atoms with Gasteiger partial charge in [0, 0.05) is 24.2 Å². The SMILES string of the molecule is O=C1C(=O)N(CCc2ccccc2)[C@H](c2ccc([N+](=O)[O-])cc2)C1=C(O)c1ccc2c(c1)OCCO2. The highest BCUT2D eigenvalue weighted by Crippen LogP contribution is 2.41. The summed E-state index contributed by atoms with van der Waals surface area (Å²) >= 11 is 0. The number of nitro benzene ring substituents is 1. The van der Waals surface area contributed by atoms with E-state index >= 15 is 0 Å². The van der Waals surface area contributed by atoms with Crippen molar-refractivity contribution in [1.29, 1.82) is 0 Å². The zero-order chi connectivity index (χ0) is 25.2. The Morgan fingerprint density at radius 2 is 1.67 bits per heavy atom. The number of Topliss-reactive ketones (excluding diaryl/α,β-unsaturated/α-hetero) is 1. The standard InChI is InChI=1S/C27H22N2O7/c30-25(19-8-11-21-22(16-19)36-15-14-35-21)23-24(18-6-9-20(10-7-18)29(33)34)28(27(32)26(23)31)13-12-17-4-2-1-3-5-17/h1-11,16,24,30H,12-15H2/t24-/m1/s1. The zero-order valence-corrected chi connectivity index (χ0v) is 19.1. The maximum atomic E-state index is 13.2. The largest absolute Gasteiger partial charge is 0.507 e. The van der Waals surface area contributed by atoms with Crippen molar-refractivity contribution >= 4 is 23.1 Å². The first kappa shape index (κ1) is 23.1. The van der Waals surface area contributed by atoms with Crippen molar-refractivity contribution < 1.29 is 29.1 Å². The second kappa shape index (κ2) is 9.53. The van der Waals surface area contributed by atoms with E-state index in [1.807, 2.05) is 30.3 Å². The number of benzene rings is 3. The van der Waals surface area contributed by atoms with E-state index in [1.165, 1.54) is 29.2 Å². The maximum Gasteiger partial charge on any atom is 0.295 e. The molecule has 0 unspecified atom stereocenters. The quantitative estimate of drug-likeness (QED) is 0.184. The van der Waals surface area contributed by atoms with Crippen molar-refractivity contribution in [2.45, 2.75) is 12.5 Å². The van der Waals surface area contributed by atoms with Crippen LogP contribution in [0.4, 0.5) is 5.69 Å². The smallest absolute Gasteiger partial charge is 0.295 e. The Kier molecular flexibility index (Phi) is 6.12. The summed E-state index contributed by atoms with van der Waals surface area (Å²) < 4.78 is 11.1. The van der Waals surface area contributed by atoms with E-state index in [9.17, 15) is 24.8 Å². The predicted molar refractivity (Wildman–Crippen MR) is 130 cm³/mol. The molecule has 1 atom stereocenters. The number of ether oxygens (including phenoxy) is 2. The molecule has 1 amide bonds. The van der Waals surface area contributed by atoms with Crippen molar-refractivity contribution in [3.8, 4) is 11.5 Å². The predicted octanol–water partition coefficient (Wildman–Crippen LogP) is 4.03. The topological polar surface area (TPSA) is 119 Å². The number of carbonyl (C=O) groups excluding carboxylic acids is 2. The fraction of sp³-hybridized carbons (Fsp3) is 0.185. The third kappa shape index (κ3) is 4.26. The lowest BCUT2D eigenvalue weighted by Gasteiger charge is -2.25. The van der Waals surface area contributed by atoms with Crippen LogP contribution in [0, 0.1) is 10.1 Å². The van der Waals surface area contributed by atoms with Gasteiger partial charge >= 0.3 is 0 Å². The minimum Gasteiger partial charge on any atom is -0.507 e. The third-order valence-electron chi connectivity index (χ3n) is 6.26. The van der Waals surface area contributed by atoms with Gasteiger partial charge in [-0.1, -0.05) is 30.3 Å². The van der Waals surface area contributed by atoms with E-state index in [1.54, 1.807) is 18.2 Å². The van der Waals surface area contributed by atoms with Crippen LogP contribution in [0.15, 0.2) is 78.4 Å². The molecule has 0 aliphatic carbocycles. The average Bonchev–Trinajstić information content (AvgIpc) is 3.16. The van der Waals surface area contributed by atoms with E-state index in [4.69, 9.17) is 9.47 Å². The molecule has 3 aromatic carbocycles. The number of carbonyl (C=O) groups is 2. The Morgan fingerprint density at radius 1 is 0.972 bits per heavy atom. The number of nitrogens with zero attached hydrogens (tertiary/aromatic N) is 2. The minimum absolute atomic E-state index is 0.0846. The van der Waals surface area contributed by atoms with Crippen molar-refractivity contribution in [2.24, 2.45) is 0 Å². The summed E-state index contributed by atoms with van der Waals surface area (Å²) in [4.78, 5) is 38.4. The molecule has 1 saturated heterocycles. The number of nitro groups is 1. The van der Waals surface area contributed by atoms with Crippen LogP contribution >= 0.6 is 0 Å². The summed E-state index contributed by atoms with van der Waals surface area (Å²) in [6, 6.07) is 19.0. The zero-order valence-electron chi connectivity index (χ0n) is 19.1. The van der Waals surface area contributed by atoms with Gasteiger partial charge in [-0.25, -0.2) is 0 Å². The van der Waals surface area contributed by atoms with Gasteiger partial charge in [0.25, 0.3) is 17.4 Å². The van der Waals surface area contributed by atoms with E-state index in [0.717, 1.165) is 5.56 Å². The molecule has 182 valence electrons.